The SMILES string of the molecule is Cc1cccc2c(=O)oc(C#N)nc12. The van der Waals surface area contributed by atoms with E-state index >= 15 is 0 Å². The Hall–Kier alpha value is -2.15. The minimum Gasteiger partial charge on any atom is -0.394 e. The fourth-order valence-electron chi connectivity index (χ4n) is 1.29. The van der Waals surface area contributed by atoms with Gasteiger partial charge in [0.1, 0.15) is 0 Å². The van der Waals surface area contributed by atoms with Crippen LogP contribution in [0.3, 0.4) is 0 Å². The van der Waals surface area contributed by atoms with E-state index in [0.717, 1.165) is 5.56 Å². The Labute approximate surface area is 79.4 Å². The summed E-state index contributed by atoms with van der Waals surface area (Å²) < 4.78 is 4.67. The predicted octanol–water partition coefficient (Wildman–Crippen LogP) is 1.37. The topological polar surface area (TPSA) is 66.9 Å². The van der Waals surface area contributed by atoms with Crippen molar-refractivity contribution in [2.45, 2.75) is 6.92 Å². The molecule has 0 N–H and O–H groups in total. The van der Waals surface area contributed by atoms with E-state index in [1.807, 2.05) is 13.0 Å². The molecule has 0 unspecified atom stereocenters. The number of aryl methyl sites for hydroxylation is 1. The molecular formula is C10H6N2O2. The van der Waals surface area contributed by atoms with Gasteiger partial charge in [-0.3, -0.25) is 0 Å². The molecule has 0 fully saturated rings. The normalized spacial score (nSPS) is 10.0. The van der Waals surface area contributed by atoms with Crippen LogP contribution in [0.2, 0.25) is 0 Å². The van der Waals surface area contributed by atoms with Gasteiger partial charge in [-0.25, -0.2) is 9.78 Å². The van der Waals surface area contributed by atoms with Gasteiger partial charge in [0.25, 0.3) is 0 Å². The number of benzene rings is 1. The predicted molar refractivity (Wildman–Crippen MR) is 49.7 cm³/mol. The van der Waals surface area contributed by atoms with Crippen LogP contribution >= 0.6 is 0 Å². The van der Waals surface area contributed by atoms with Gasteiger partial charge in [0.05, 0.1) is 10.9 Å². The molecule has 0 saturated heterocycles. The molecule has 0 spiro atoms. The van der Waals surface area contributed by atoms with Crippen LogP contribution in [0.1, 0.15) is 11.5 Å². The summed E-state index contributed by atoms with van der Waals surface area (Å²) in [6.45, 7) is 1.83. The Morgan fingerprint density at radius 3 is 3.00 bits per heavy atom. The lowest BCUT2D eigenvalue weighted by molar-refractivity contribution is 0.486. The molecule has 1 aromatic heterocycles. The molecule has 0 saturated carbocycles. The second kappa shape index (κ2) is 2.96. The average molecular weight is 186 g/mol. The summed E-state index contributed by atoms with van der Waals surface area (Å²) in [4.78, 5) is 15.3. The molecule has 4 heteroatoms. The van der Waals surface area contributed by atoms with E-state index in [2.05, 4.69) is 9.40 Å². The van der Waals surface area contributed by atoms with Gasteiger partial charge >= 0.3 is 11.5 Å². The Bertz CT molecular complexity index is 593. The summed E-state index contributed by atoms with van der Waals surface area (Å²) in [6.07, 6.45) is 0. The number of nitrogens with zero attached hydrogens (tertiary/aromatic N) is 2. The van der Waals surface area contributed by atoms with Crippen LogP contribution in [-0.2, 0) is 0 Å². The Balaban J connectivity index is 3.00. The van der Waals surface area contributed by atoms with Crippen molar-refractivity contribution in [3.05, 3.63) is 40.1 Å². The Kier molecular flexibility index (Phi) is 1.79. The van der Waals surface area contributed by atoms with Crippen LogP contribution in [0.4, 0.5) is 0 Å². The van der Waals surface area contributed by atoms with Crippen LogP contribution < -0.4 is 5.63 Å². The van der Waals surface area contributed by atoms with E-state index in [4.69, 9.17) is 5.26 Å². The first-order chi connectivity index (χ1) is 6.72. The Morgan fingerprint density at radius 2 is 2.29 bits per heavy atom. The number of hydrogen-bond acceptors (Lipinski definition) is 4. The highest BCUT2D eigenvalue weighted by Crippen LogP contribution is 2.12. The first-order valence-corrected chi connectivity index (χ1v) is 4.03. The van der Waals surface area contributed by atoms with Crippen LogP contribution in [-0.4, -0.2) is 4.98 Å². The smallest absolute Gasteiger partial charge is 0.347 e. The molecule has 0 aliphatic rings. The lowest BCUT2D eigenvalue weighted by Crippen LogP contribution is -2.03. The molecule has 0 bridgehead atoms. The van der Waals surface area contributed by atoms with E-state index in [0.29, 0.717) is 10.9 Å². The van der Waals surface area contributed by atoms with Gasteiger partial charge in [-0.15, -0.1) is 0 Å². The van der Waals surface area contributed by atoms with Crippen LogP contribution in [0.5, 0.6) is 0 Å². The lowest BCUT2D eigenvalue weighted by Gasteiger charge is -1.98. The highest BCUT2D eigenvalue weighted by atomic mass is 16.4. The van der Waals surface area contributed by atoms with Crippen molar-refractivity contribution in [1.29, 1.82) is 5.26 Å². The molecule has 2 rings (SSSR count). The standard InChI is InChI=1S/C10H6N2O2/c1-6-3-2-4-7-9(6)12-8(5-11)14-10(7)13/h2-4H,1H3. The summed E-state index contributed by atoms with van der Waals surface area (Å²) in [6, 6.07) is 6.92. The van der Waals surface area contributed by atoms with Crippen molar-refractivity contribution in [2.75, 3.05) is 0 Å². The van der Waals surface area contributed by atoms with E-state index in [-0.39, 0.29) is 5.89 Å². The van der Waals surface area contributed by atoms with Gasteiger partial charge in [0, 0.05) is 0 Å². The minimum atomic E-state index is -0.518. The van der Waals surface area contributed by atoms with Crippen molar-refractivity contribution in [2.24, 2.45) is 0 Å². The third-order valence-corrected chi connectivity index (χ3v) is 1.96. The number of para-hydroxylation sites is 1. The van der Waals surface area contributed by atoms with Crippen LogP contribution in [0.25, 0.3) is 10.9 Å². The first kappa shape index (κ1) is 8.45. The second-order valence-electron chi connectivity index (χ2n) is 2.89. The van der Waals surface area contributed by atoms with Crippen molar-refractivity contribution < 1.29 is 4.42 Å². The number of nitriles is 1. The maximum absolute atomic E-state index is 11.4. The molecule has 2 aromatic rings. The van der Waals surface area contributed by atoms with Gasteiger partial charge in [0.2, 0.25) is 0 Å². The second-order valence-corrected chi connectivity index (χ2v) is 2.89. The number of hydrogen-bond donors (Lipinski definition) is 0. The van der Waals surface area contributed by atoms with Gasteiger partial charge in [-0.2, -0.15) is 5.26 Å². The number of aromatic nitrogens is 1. The van der Waals surface area contributed by atoms with E-state index < -0.39 is 5.63 Å². The highest BCUT2D eigenvalue weighted by Gasteiger charge is 2.06. The van der Waals surface area contributed by atoms with Crippen molar-refractivity contribution in [3.8, 4) is 6.07 Å². The zero-order valence-electron chi connectivity index (χ0n) is 7.44. The largest absolute Gasteiger partial charge is 0.394 e. The van der Waals surface area contributed by atoms with E-state index in [1.54, 1.807) is 18.2 Å². The Morgan fingerprint density at radius 1 is 1.50 bits per heavy atom. The summed E-state index contributed by atoms with van der Waals surface area (Å²) in [5, 5.41) is 8.97. The molecule has 1 heterocycles. The quantitative estimate of drug-likeness (QED) is 0.623. The fraction of sp³-hybridized carbons (Fsp3) is 0.100. The molecule has 0 aliphatic heterocycles. The average Bonchev–Trinajstić information content (AvgIpc) is 2.19. The monoisotopic (exact) mass is 186 g/mol. The van der Waals surface area contributed by atoms with Crippen LogP contribution in [0, 0.1) is 18.3 Å². The van der Waals surface area contributed by atoms with Crippen molar-refractivity contribution in [3.63, 3.8) is 0 Å². The molecule has 0 radical (unpaired) electrons. The van der Waals surface area contributed by atoms with Gasteiger partial charge in [-0.05, 0) is 18.6 Å². The third-order valence-electron chi connectivity index (χ3n) is 1.96. The molecule has 0 amide bonds. The molecule has 1 aromatic carbocycles. The highest BCUT2D eigenvalue weighted by molar-refractivity contribution is 5.80. The molecule has 14 heavy (non-hydrogen) atoms. The lowest BCUT2D eigenvalue weighted by atomic mass is 10.1. The van der Waals surface area contributed by atoms with Gasteiger partial charge < -0.3 is 4.42 Å². The zero-order valence-corrected chi connectivity index (χ0v) is 7.44. The van der Waals surface area contributed by atoms with Crippen molar-refractivity contribution >= 4 is 10.9 Å². The molecule has 0 aliphatic carbocycles. The summed E-state index contributed by atoms with van der Waals surface area (Å²) in [7, 11) is 0. The van der Waals surface area contributed by atoms with Crippen LogP contribution in [0.15, 0.2) is 27.4 Å². The minimum absolute atomic E-state index is 0.197. The fourth-order valence-corrected chi connectivity index (χ4v) is 1.29. The zero-order chi connectivity index (χ0) is 10.1. The van der Waals surface area contributed by atoms with E-state index in [1.165, 1.54) is 0 Å². The van der Waals surface area contributed by atoms with E-state index in [9.17, 15) is 4.79 Å². The maximum Gasteiger partial charge on any atom is 0.347 e. The molecular weight excluding hydrogens is 180 g/mol. The summed E-state index contributed by atoms with van der Waals surface area (Å²) in [5.41, 5.74) is 0.863. The number of rotatable bonds is 0. The molecule has 0 atom stereocenters. The number of fused-ring (bicyclic) bond motifs is 1. The van der Waals surface area contributed by atoms with Gasteiger partial charge in [0.15, 0.2) is 6.07 Å². The van der Waals surface area contributed by atoms with Crippen molar-refractivity contribution in [1.82, 2.24) is 4.98 Å². The summed E-state index contributed by atoms with van der Waals surface area (Å²) in [5.74, 6) is -0.197. The third kappa shape index (κ3) is 1.15. The molecule has 68 valence electrons. The first-order valence-electron chi connectivity index (χ1n) is 4.03. The molecule has 4 nitrogen and oxygen atoms in total. The maximum atomic E-state index is 11.4. The summed E-state index contributed by atoms with van der Waals surface area (Å²) >= 11 is 0. The van der Waals surface area contributed by atoms with Gasteiger partial charge in [-0.1, -0.05) is 12.1 Å².